The maximum absolute atomic E-state index is 13.8. The summed E-state index contributed by atoms with van der Waals surface area (Å²) >= 11 is 6.11. The molecule has 0 bridgehead atoms. The topological polar surface area (TPSA) is 80.4 Å². The molecule has 0 spiro atoms. The van der Waals surface area contributed by atoms with E-state index in [-0.39, 0.29) is 24.4 Å². The fourth-order valence-corrected chi connectivity index (χ4v) is 5.19. The molecular weight excluding hydrogens is 452 g/mol. The standard InChI is InChI=1S/C26H29ClN4O3/c1-26(25(33)28-19-8-5-3-2-4-6-9-19)17-30-22(16-21(29-30)23-10-7-15-34-23)24(32)31(26)20-13-11-18(27)12-14-20/h7,10-16,19H,2-6,8-9,17H2,1H3,(H,28,33)/t26-/m1/s1. The van der Waals surface area contributed by atoms with Gasteiger partial charge in [0, 0.05) is 22.8 Å². The van der Waals surface area contributed by atoms with Crippen LogP contribution in [0.15, 0.2) is 53.1 Å². The lowest BCUT2D eigenvalue weighted by Gasteiger charge is -2.43. The third-order valence-electron chi connectivity index (χ3n) is 6.94. The summed E-state index contributed by atoms with van der Waals surface area (Å²) in [5, 5.41) is 8.46. The van der Waals surface area contributed by atoms with Crippen LogP contribution in [-0.4, -0.2) is 33.2 Å². The largest absolute Gasteiger partial charge is 0.463 e. The van der Waals surface area contributed by atoms with Crippen LogP contribution in [0.3, 0.4) is 0 Å². The Morgan fingerprint density at radius 1 is 1.12 bits per heavy atom. The number of hydrogen-bond acceptors (Lipinski definition) is 4. The summed E-state index contributed by atoms with van der Waals surface area (Å²) in [4.78, 5) is 29.2. The van der Waals surface area contributed by atoms with Crippen molar-refractivity contribution in [3.8, 4) is 11.5 Å². The number of furan rings is 1. The number of nitrogens with one attached hydrogen (secondary N) is 1. The van der Waals surface area contributed by atoms with Crippen LogP contribution in [0.1, 0.15) is 62.4 Å². The Bertz CT molecular complexity index is 1160. The van der Waals surface area contributed by atoms with E-state index in [2.05, 4.69) is 10.4 Å². The molecule has 2 aliphatic rings. The van der Waals surface area contributed by atoms with Crippen LogP contribution in [0.5, 0.6) is 0 Å². The molecule has 0 saturated heterocycles. The van der Waals surface area contributed by atoms with Gasteiger partial charge in [-0.05, 0) is 56.2 Å². The highest BCUT2D eigenvalue weighted by molar-refractivity contribution is 6.30. The Balaban J connectivity index is 1.52. The summed E-state index contributed by atoms with van der Waals surface area (Å²) in [6, 6.07) is 12.4. The molecule has 34 heavy (non-hydrogen) atoms. The molecule has 7 nitrogen and oxygen atoms in total. The van der Waals surface area contributed by atoms with Crippen LogP contribution in [-0.2, 0) is 11.3 Å². The van der Waals surface area contributed by atoms with Crippen LogP contribution >= 0.6 is 11.6 Å². The first-order valence-corrected chi connectivity index (χ1v) is 12.4. The maximum atomic E-state index is 13.8. The van der Waals surface area contributed by atoms with E-state index in [0.29, 0.717) is 27.9 Å². The number of nitrogens with zero attached hydrogens (tertiary/aromatic N) is 3. The first kappa shape index (κ1) is 22.7. The SMILES string of the molecule is C[C@]1(C(=O)NC2CCCCCCC2)Cn2nc(-c3ccco3)cc2C(=O)N1c1ccc(Cl)cc1. The molecule has 1 N–H and O–H groups in total. The Kier molecular flexibility index (Phi) is 6.21. The zero-order chi connectivity index (χ0) is 23.7. The predicted octanol–water partition coefficient (Wildman–Crippen LogP) is 5.44. The van der Waals surface area contributed by atoms with E-state index in [4.69, 9.17) is 16.0 Å². The number of amides is 2. The van der Waals surface area contributed by atoms with Crippen LogP contribution < -0.4 is 10.2 Å². The van der Waals surface area contributed by atoms with Crippen molar-refractivity contribution in [2.45, 2.75) is 70.0 Å². The zero-order valence-corrected chi connectivity index (χ0v) is 20.1. The first-order valence-electron chi connectivity index (χ1n) is 12.0. The minimum Gasteiger partial charge on any atom is -0.463 e. The summed E-state index contributed by atoms with van der Waals surface area (Å²) in [6.45, 7) is 2.05. The predicted molar refractivity (Wildman–Crippen MR) is 131 cm³/mol. The van der Waals surface area contributed by atoms with Gasteiger partial charge in [-0.3, -0.25) is 19.2 Å². The number of halogens is 1. The number of carbonyl (C=O) groups is 2. The van der Waals surface area contributed by atoms with Crippen molar-refractivity contribution in [1.29, 1.82) is 0 Å². The third-order valence-corrected chi connectivity index (χ3v) is 7.19. The van der Waals surface area contributed by atoms with E-state index in [1.54, 1.807) is 58.3 Å². The van der Waals surface area contributed by atoms with E-state index < -0.39 is 5.54 Å². The van der Waals surface area contributed by atoms with Crippen LogP contribution in [0.25, 0.3) is 11.5 Å². The van der Waals surface area contributed by atoms with Gasteiger partial charge < -0.3 is 9.73 Å². The smallest absolute Gasteiger partial charge is 0.277 e. The van der Waals surface area contributed by atoms with Gasteiger partial charge in [0.2, 0.25) is 5.91 Å². The van der Waals surface area contributed by atoms with Crippen LogP contribution in [0, 0.1) is 0 Å². The van der Waals surface area contributed by atoms with Crippen molar-refractivity contribution in [3.63, 3.8) is 0 Å². The molecule has 0 radical (unpaired) electrons. The number of fused-ring (bicyclic) bond motifs is 1. The molecule has 1 saturated carbocycles. The normalized spacial score (nSPS) is 21.6. The molecular formula is C26H29ClN4O3. The monoisotopic (exact) mass is 480 g/mol. The zero-order valence-electron chi connectivity index (χ0n) is 19.3. The van der Waals surface area contributed by atoms with Crippen molar-refractivity contribution in [1.82, 2.24) is 15.1 Å². The average molecular weight is 481 g/mol. The molecule has 3 aromatic rings. The van der Waals surface area contributed by atoms with E-state index in [0.717, 1.165) is 25.7 Å². The number of benzene rings is 1. The van der Waals surface area contributed by atoms with Gasteiger partial charge in [-0.2, -0.15) is 5.10 Å². The maximum Gasteiger partial charge on any atom is 0.277 e. The van der Waals surface area contributed by atoms with Crippen molar-refractivity contribution in [2.75, 3.05) is 4.90 Å². The second kappa shape index (κ2) is 9.29. The Hall–Kier alpha value is -3.06. The van der Waals surface area contributed by atoms with E-state index in [1.807, 2.05) is 6.92 Å². The van der Waals surface area contributed by atoms with Crippen LogP contribution in [0.4, 0.5) is 5.69 Å². The first-order chi connectivity index (χ1) is 16.5. The van der Waals surface area contributed by atoms with Gasteiger partial charge in [0.15, 0.2) is 5.76 Å². The highest BCUT2D eigenvalue weighted by atomic mass is 35.5. The molecule has 2 amide bonds. The molecule has 0 unspecified atom stereocenters. The van der Waals surface area contributed by atoms with E-state index >= 15 is 0 Å². The second-order valence-corrected chi connectivity index (χ2v) is 9.89. The highest BCUT2D eigenvalue weighted by Crippen LogP contribution is 2.35. The molecule has 2 aromatic heterocycles. The second-order valence-electron chi connectivity index (χ2n) is 9.46. The molecule has 1 aromatic carbocycles. The average Bonchev–Trinajstić information content (AvgIpc) is 3.47. The molecule has 8 heteroatoms. The van der Waals surface area contributed by atoms with Crippen molar-refractivity contribution in [2.24, 2.45) is 0 Å². The Morgan fingerprint density at radius 2 is 1.82 bits per heavy atom. The van der Waals surface area contributed by atoms with Gasteiger partial charge in [0.25, 0.3) is 5.91 Å². The van der Waals surface area contributed by atoms with Gasteiger partial charge in [-0.25, -0.2) is 0 Å². The Morgan fingerprint density at radius 3 is 2.50 bits per heavy atom. The highest BCUT2D eigenvalue weighted by Gasteiger charge is 2.49. The van der Waals surface area contributed by atoms with Crippen molar-refractivity contribution < 1.29 is 14.0 Å². The molecule has 1 fully saturated rings. The number of aromatic nitrogens is 2. The number of rotatable bonds is 4. The molecule has 1 aliphatic carbocycles. The van der Waals surface area contributed by atoms with Crippen LogP contribution in [0.2, 0.25) is 5.02 Å². The lowest BCUT2D eigenvalue weighted by Crippen LogP contribution is -2.65. The summed E-state index contributed by atoms with van der Waals surface area (Å²) in [6.07, 6.45) is 9.38. The fraction of sp³-hybridized carbons (Fsp3) is 0.423. The minimum atomic E-state index is -1.16. The number of anilines is 1. The lowest BCUT2D eigenvalue weighted by atomic mass is 9.91. The molecule has 1 aliphatic heterocycles. The molecule has 178 valence electrons. The summed E-state index contributed by atoms with van der Waals surface area (Å²) in [7, 11) is 0. The number of carbonyl (C=O) groups excluding carboxylic acids is 2. The van der Waals surface area contributed by atoms with Gasteiger partial charge in [-0.1, -0.05) is 43.7 Å². The van der Waals surface area contributed by atoms with Gasteiger partial charge in [0.05, 0.1) is 12.8 Å². The van der Waals surface area contributed by atoms with Crippen molar-refractivity contribution >= 4 is 29.1 Å². The third kappa shape index (κ3) is 4.25. The molecule has 1 atom stereocenters. The van der Waals surface area contributed by atoms with E-state index in [9.17, 15) is 9.59 Å². The summed E-state index contributed by atoms with van der Waals surface area (Å²) in [5.74, 6) is 0.129. The van der Waals surface area contributed by atoms with E-state index in [1.165, 1.54) is 19.3 Å². The molecule has 3 heterocycles. The quantitative estimate of drug-likeness (QED) is 0.538. The number of hydrogen-bond donors (Lipinski definition) is 1. The molecule has 5 rings (SSSR count). The summed E-state index contributed by atoms with van der Waals surface area (Å²) in [5.41, 5.74) is 0.440. The van der Waals surface area contributed by atoms with Gasteiger partial charge >= 0.3 is 0 Å². The summed E-state index contributed by atoms with van der Waals surface area (Å²) < 4.78 is 7.11. The van der Waals surface area contributed by atoms with Gasteiger partial charge in [-0.15, -0.1) is 0 Å². The van der Waals surface area contributed by atoms with Gasteiger partial charge in [0.1, 0.15) is 16.9 Å². The lowest BCUT2D eigenvalue weighted by molar-refractivity contribution is -0.127. The fourth-order valence-electron chi connectivity index (χ4n) is 5.06. The Labute approximate surface area is 204 Å². The van der Waals surface area contributed by atoms with Crippen molar-refractivity contribution in [3.05, 3.63) is 59.4 Å². The minimum absolute atomic E-state index is 0.115.